The summed E-state index contributed by atoms with van der Waals surface area (Å²) in [5.41, 5.74) is 4.74. The molecule has 2 amide bonds. The monoisotopic (exact) mass is 433 g/mol. The van der Waals surface area contributed by atoms with Crippen LogP contribution in [0.5, 0.6) is 0 Å². The van der Waals surface area contributed by atoms with E-state index in [4.69, 9.17) is 0 Å². The third-order valence-corrected chi connectivity index (χ3v) is 6.75. The number of fused-ring (bicyclic) bond motifs is 2. The molecule has 2 aromatic rings. The largest absolute Gasteiger partial charge is 0.337 e. The predicted molar refractivity (Wildman–Crippen MR) is 128 cm³/mol. The second-order valence-electron chi connectivity index (χ2n) is 9.11. The minimum absolute atomic E-state index is 0.0689. The van der Waals surface area contributed by atoms with Crippen molar-refractivity contribution in [1.29, 1.82) is 0 Å². The molecule has 32 heavy (non-hydrogen) atoms. The lowest BCUT2D eigenvalue weighted by Gasteiger charge is -2.32. The highest BCUT2D eigenvalue weighted by molar-refractivity contribution is 5.92. The van der Waals surface area contributed by atoms with Crippen LogP contribution in [0, 0.1) is 0 Å². The molecular weight excluding hydrogens is 398 g/mol. The smallest absolute Gasteiger partial charge is 0.237 e. The van der Waals surface area contributed by atoms with Crippen molar-refractivity contribution in [3.63, 3.8) is 0 Å². The summed E-state index contributed by atoms with van der Waals surface area (Å²) in [6.45, 7) is 5.93. The summed E-state index contributed by atoms with van der Waals surface area (Å²) in [4.78, 5) is 32.0. The molecule has 170 valence electrons. The van der Waals surface area contributed by atoms with E-state index >= 15 is 0 Å². The van der Waals surface area contributed by atoms with Gasteiger partial charge < -0.3 is 9.80 Å². The van der Waals surface area contributed by atoms with Gasteiger partial charge in [-0.15, -0.1) is 0 Å². The number of amides is 2. The predicted octanol–water partition coefficient (Wildman–Crippen LogP) is 4.39. The van der Waals surface area contributed by atoms with E-state index in [0.29, 0.717) is 13.1 Å². The molecule has 2 aliphatic rings. The highest BCUT2D eigenvalue weighted by Crippen LogP contribution is 2.25. The van der Waals surface area contributed by atoms with Gasteiger partial charge >= 0.3 is 0 Å². The summed E-state index contributed by atoms with van der Waals surface area (Å²) < 4.78 is 0. The van der Waals surface area contributed by atoms with Gasteiger partial charge in [0.25, 0.3) is 0 Å². The molecule has 0 atom stereocenters. The minimum atomic E-state index is 0.0689. The Labute approximate surface area is 192 Å². The number of nitrogens with zero attached hydrogens (tertiary/aromatic N) is 3. The molecule has 0 N–H and O–H groups in total. The lowest BCUT2D eigenvalue weighted by atomic mass is 10.00. The molecule has 5 nitrogen and oxygen atoms in total. The summed E-state index contributed by atoms with van der Waals surface area (Å²) in [5.74, 6) is 0.255. The number of hydrogen-bond donors (Lipinski definition) is 0. The van der Waals surface area contributed by atoms with E-state index in [1.807, 2.05) is 28.0 Å². The normalized spacial score (nSPS) is 18.2. The highest BCUT2D eigenvalue weighted by Gasteiger charge is 2.23. The van der Waals surface area contributed by atoms with Crippen LogP contribution >= 0.6 is 0 Å². The van der Waals surface area contributed by atoms with Crippen molar-refractivity contribution >= 4 is 17.5 Å². The lowest BCUT2D eigenvalue weighted by Crippen LogP contribution is -2.42. The van der Waals surface area contributed by atoms with Crippen LogP contribution in [-0.4, -0.2) is 47.8 Å². The number of para-hydroxylation sites is 1. The number of carbonyl (C=O) groups is 2. The number of carbonyl (C=O) groups excluding carboxylic acids is 2. The van der Waals surface area contributed by atoms with Crippen molar-refractivity contribution in [3.8, 4) is 0 Å². The number of hydrogen-bond acceptors (Lipinski definition) is 3. The van der Waals surface area contributed by atoms with E-state index < -0.39 is 0 Å². The molecule has 5 heteroatoms. The van der Waals surface area contributed by atoms with Crippen LogP contribution in [0.15, 0.2) is 48.5 Å². The molecule has 0 spiro atoms. The Kier molecular flexibility index (Phi) is 7.59. The van der Waals surface area contributed by atoms with E-state index in [1.54, 1.807) is 6.92 Å². The summed E-state index contributed by atoms with van der Waals surface area (Å²) in [5, 5.41) is 0. The van der Waals surface area contributed by atoms with Crippen LogP contribution in [0.2, 0.25) is 0 Å². The summed E-state index contributed by atoms with van der Waals surface area (Å²) in [6, 6.07) is 16.6. The van der Waals surface area contributed by atoms with Gasteiger partial charge in [0.2, 0.25) is 11.8 Å². The van der Waals surface area contributed by atoms with Crippen LogP contribution in [0.4, 0.5) is 5.69 Å². The molecule has 0 aromatic heterocycles. The fourth-order valence-corrected chi connectivity index (χ4v) is 4.94. The molecule has 0 aliphatic carbocycles. The molecule has 0 unspecified atom stereocenters. The SMILES string of the molecule is CC(=O)N1CCCCCCCN(C(=O)CN2CCc3ccccc3C2)Cc2ccccc21. The fourth-order valence-electron chi connectivity index (χ4n) is 4.94. The molecular formula is C27H35N3O2. The Bertz CT molecular complexity index is 942. The quantitative estimate of drug-likeness (QED) is 0.706. The second kappa shape index (κ2) is 10.8. The summed E-state index contributed by atoms with van der Waals surface area (Å²) in [7, 11) is 0. The topological polar surface area (TPSA) is 43.9 Å². The van der Waals surface area contributed by atoms with E-state index in [2.05, 4.69) is 35.2 Å². The van der Waals surface area contributed by atoms with Crippen molar-refractivity contribution in [2.45, 2.75) is 58.5 Å². The Morgan fingerprint density at radius 2 is 1.41 bits per heavy atom. The second-order valence-corrected chi connectivity index (χ2v) is 9.11. The molecule has 2 aromatic carbocycles. The first-order valence-corrected chi connectivity index (χ1v) is 12.0. The van der Waals surface area contributed by atoms with Crippen LogP contribution < -0.4 is 4.90 Å². The standard InChI is InChI=1S/C27H35N3O2/c1-22(31)30-17-10-4-2-3-9-16-29(20-25-13-7-8-14-26(25)30)27(32)21-28-18-15-23-11-5-6-12-24(23)19-28/h5-8,11-14H,2-4,9-10,15-21H2,1H3. The molecule has 0 fully saturated rings. The average molecular weight is 434 g/mol. The molecule has 0 radical (unpaired) electrons. The maximum Gasteiger partial charge on any atom is 0.237 e. The van der Waals surface area contributed by atoms with Crippen molar-refractivity contribution < 1.29 is 9.59 Å². The van der Waals surface area contributed by atoms with Gasteiger partial charge in [0, 0.05) is 45.3 Å². The lowest BCUT2D eigenvalue weighted by molar-refractivity contribution is -0.133. The molecule has 0 saturated carbocycles. The van der Waals surface area contributed by atoms with Gasteiger partial charge in [0.15, 0.2) is 0 Å². The third kappa shape index (κ3) is 5.57. The molecule has 4 rings (SSSR count). The Morgan fingerprint density at radius 1 is 0.750 bits per heavy atom. The van der Waals surface area contributed by atoms with Crippen molar-refractivity contribution in [2.24, 2.45) is 0 Å². The zero-order valence-corrected chi connectivity index (χ0v) is 19.3. The zero-order chi connectivity index (χ0) is 22.3. The Morgan fingerprint density at radius 3 is 2.19 bits per heavy atom. The first kappa shape index (κ1) is 22.5. The molecule has 2 heterocycles. The van der Waals surface area contributed by atoms with Crippen molar-refractivity contribution in [2.75, 3.05) is 31.1 Å². The number of benzene rings is 2. The van der Waals surface area contributed by atoms with Gasteiger partial charge in [-0.2, -0.15) is 0 Å². The van der Waals surface area contributed by atoms with Gasteiger partial charge in [-0.05, 0) is 42.0 Å². The summed E-state index contributed by atoms with van der Waals surface area (Å²) in [6.07, 6.45) is 6.45. The van der Waals surface area contributed by atoms with E-state index in [-0.39, 0.29) is 11.8 Å². The van der Waals surface area contributed by atoms with Gasteiger partial charge in [-0.25, -0.2) is 0 Å². The van der Waals surface area contributed by atoms with Gasteiger partial charge in [-0.3, -0.25) is 14.5 Å². The summed E-state index contributed by atoms with van der Waals surface area (Å²) >= 11 is 0. The zero-order valence-electron chi connectivity index (χ0n) is 19.3. The molecule has 0 saturated heterocycles. The van der Waals surface area contributed by atoms with Crippen LogP contribution in [0.1, 0.15) is 55.7 Å². The first-order valence-electron chi connectivity index (χ1n) is 12.0. The van der Waals surface area contributed by atoms with Crippen LogP contribution in [0.3, 0.4) is 0 Å². The fraction of sp³-hybridized carbons (Fsp3) is 0.481. The van der Waals surface area contributed by atoms with E-state index in [1.165, 1.54) is 11.1 Å². The van der Waals surface area contributed by atoms with Crippen LogP contribution in [0.25, 0.3) is 0 Å². The highest BCUT2D eigenvalue weighted by atomic mass is 16.2. The average Bonchev–Trinajstić information content (AvgIpc) is 2.79. The van der Waals surface area contributed by atoms with E-state index in [9.17, 15) is 9.59 Å². The number of anilines is 1. The maximum atomic E-state index is 13.4. The van der Waals surface area contributed by atoms with Gasteiger partial charge in [0.05, 0.1) is 6.54 Å². The maximum absolute atomic E-state index is 13.4. The minimum Gasteiger partial charge on any atom is -0.337 e. The van der Waals surface area contributed by atoms with Crippen molar-refractivity contribution in [1.82, 2.24) is 9.80 Å². The number of rotatable bonds is 2. The molecule has 2 aliphatic heterocycles. The van der Waals surface area contributed by atoms with Gasteiger partial charge in [-0.1, -0.05) is 61.7 Å². The first-order chi connectivity index (χ1) is 15.6. The molecule has 0 bridgehead atoms. The van der Waals surface area contributed by atoms with Crippen molar-refractivity contribution in [3.05, 3.63) is 65.2 Å². The Hall–Kier alpha value is -2.66. The van der Waals surface area contributed by atoms with Gasteiger partial charge in [0.1, 0.15) is 0 Å². The third-order valence-electron chi connectivity index (χ3n) is 6.75. The van der Waals surface area contributed by atoms with Crippen LogP contribution in [-0.2, 0) is 29.1 Å². The Balaban J connectivity index is 1.51. The van der Waals surface area contributed by atoms with E-state index in [0.717, 1.165) is 76.0 Å².